The van der Waals surface area contributed by atoms with Gasteiger partial charge in [0, 0.05) is 0 Å². The summed E-state index contributed by atoms with van der Waals surface area (Å²) in [4.78, 5) is 11.1. The van der Waals surface area contributed by atoms with Crippen LogP contribution in [0.4, 0.5) is 5.82 Å². The summed E-state index contributed by atoms with van der Waals surface area (Å²) in [5.41, 5.74) is 1.36. The van der Waals surface area contributed by atoms with Gasteiger partial charge in [-0.2, -0.15) is 0 Å². The minimum absolute atomic E-state index is 0.465. The lowest BCUT2D eigenvalue weighted by molar-refractivity contribution is -0.00973. The summed E-state index contributed by atoms with van der Waals surface area (Å²) in [7, 11) is 0. The molecule has 4 rings (SSSR count). The van der Waals surface area contributed by atoms with E-state index in [1.165, 1.54) is 12.8 Å². The van der Waals surface area contributed by atoms with E-state index in [2.05, 4.69) is 14.9 Å². The fraction of sp³-hybridized carbons (Fsp3) is 0.429. The van der Waals surface area contributed by atoms with Gasteiger partial charge >= 0.3 is 0 Å². The van der Waals surface area contributed by atoms with Crippen LogP contribution < -0.4 is 4.90 Å². The molecular weight excluding hydrogens is 226 g/mol. The Kier molecular flexibility index (Phi) is 1.95. The molecule has 1 aromatic carbocycles. The first-order valence-corrected chi connectivity index (χ1v) is 6.44. The van der Waals surface area contributed by atoms with Crippen molar-refractivity contribution >= 4 is 16.9 Å². The lowest BCUT2D eigenvalue weighted by Gasteiger charge is -2.47. The number of rotatable bonds is 2. The topological polar surface area (TPSA) is 49.2 Å². The van der Waals surface area contributed by atoms with E-state index in [9.17, 15) is 5.11 Å². The van der Waals surface area contributed by atoms with Gasteiger partial charge in [-0.25, -0.2) is 4.98 Å². The first kappa shape index (κ1) is 10.3. The van der Waals surface area contributed by atoms with E-state index in [0.29, 0.717) is 19.0 Å². The van der Waals surface area contributed by atoms with Crippen molar-refractivity contribution in [3.05, 3.63) is 30.5 Å². The van der Waals surface area contributed by atoms with Crippen molar-refractivity contribution in [3.8, 4) is 0 Å². The molecule has 1 N–H and O–H groups in total. The van der Waals surface area contributed by atoms with Crippen molar-refractivity contribution in [2.24, 2.45) is 5.92 Å². The third kappa shape index (κ3) is 1.49. The molecule has 1 saturated heterocycles. The normalized spacial score (nSPS) is 21.9. The molecule has 0 bridgehead atoms. The number of para-hydroxylation sites is 2. The second-order valence-electron chi connectivity index (χ2n) is 5.45. The summed E-state index contributed by atoms with van der Waals surface area (Å²) in [5.74, 6) is 1.39. The van der Waals surface area contributed by atoms with E-state index in [1.54, 1.807) is 6.20 Å². The second kappa shape index (κ2) is 3.42. The smallest absolute Gasteiger partial charge is 0.148 e. The lowest BCUT2D eigenvalue weighted by Crippen LogP contribution is -2.63. The number of benzene rings is 1. The Labute approximate surface area is 105 Å². The molecule has 2 aliphatic rings. The van der Waals surface area contributed by atoms with Gasteiger partial charge in [0.1, 0.15) is 11.4 Å². The van der Waals surface area contributed by atoms with Gasteiger partial charge in [0.05, 0.1) is 30.3 Å². The van der Waals surface area contributed by atoms with Crippen LogP contribution in [0.15, 0.2) is 30.5 Å². The zero-order valence-electron chi connectivity index (χ0n) is 10.1. The predicted molar refractivity (Wildman–Crippen MR) is 69.4 cm³/mol. The summed E-state index contributed by atoms with van der Waals surface area (Å²) in [6, 6.07) is 7.87. The number of nitrogens with zero attached hydrogens (tertiary/aromatic N) is 3. The number of hydrogen-bond acceptors (Lipinski definition) is 4. The molecule has 2 aromatic rings. The van der Waals surface area contributed by atoms with Gasteiger partial charge in [-0.05, 0) is 30.9 Å². The van der Waals surface area contributed by atoms with Crippen LogP contribution in [-0.4, -0.2) is 33.8 Å². The summed E-state index contributed by atoms with van der Waals surface area (Å²) in [5, 5.41) is 10.3. The molecule has 0 radical (unpaired) electrons. The summed E-state index contributed by atoms with van der Waals surface area (Å²) < 4.78 is 0. The highest BCUT2D eigenvalue weighted by Crippen LogP contribution is 2.45. The Morgan fingerprint density at radius 2 is 1.89 bits per heavy atom. The van der Waals surface area contributed by atoms with E-state index >= 15 is 0 Å². The fourth-order valence-electron chi connectivity index (χ4n) is 2.76. The van der Waals surface area contributed by atoms with Gasteiger partial charge in [-0.3, -0.25) is 4.98 Å². The number of hydrogen-bond donors (Lipinski definition) is 1. The van der Waals surface area contributed by atoms with Gasteiger partial charge in [0.15, 0.2) is 0 Å². The number of anilines is 1. The summed E-state index contributed by atoms with van der Waals surface area (Å²) in [6.45, 7) is 1.40. The predicted octanol–water partition coefficient (Wildman–Crippen LogP) is 1.59. The van der Waals surface area contributed by atoms with Crippen molar-refractivity contribution in [3.63, 3.8) is 0 Å². The quantitative estimate of drug-likeness (QED) is 0.867. The molecule has 4 heteroatoms. The van der Waals surface area contributed by atoms with Crippen LogP contribution in [0.2, 0.25) is 0 Å². The molecule has 2 heterocycles. The van der Waals surface area contributed by atoms with Crippen LogP contribution in [0.25, 0.3) is 11.0 Å². The maximum absolute atomic E-state index is 10.3. The third-order valence-corrected chi connectivity index (χ3v) is 4.03. The van der Waals surface area contributed by atoms with Crippen LogP contribution in [0.3, 0.4) is 0 Å². The Morgan fingerprint density at radius 1 is 1.17 bits per heavy atom. The standard InChI is InChI=1S/C14H15N3O/c18-14(10-5-6-10)8-17(9-14)13-7-15-11-3-1-2-4-12(11)16-13/h1-4,7,10,18H,5-6,8-9H2. The zero-order valence-corrected chi connectivity index (χ0v) is 10.1. The highest BCUT2D eigenvalue weighted by Gasteiger charge is 2.52. The number of β-amino-alcohol motifs (C(OH)–C–C–N with tert-alkyl or cyclic N) is 1. The average Bonchev–Trinajstić information content (AvgIpc) is 3.19. The monoisotopic (exact) mass is 241 g/mol. The third-order valence-electron chi connectivity index (χ3n) is 4.03. The van der Waals surface area contributed by atoms with Crippen molar-refractivity contribution in [2.75, 3.05) is 18.0 Å². The molecule has 1 aromatic heterocycles. The van der Waals surface area contributed by atoms with Crippen LogP contribution in [0, 0.1) is 5.92 Å². The van der Waals surface area contributed by atoms with Gasteiger partial charge < -0.3 is 10.0 Å². The van der Waals surface area contributed by atoms with Gasteiger partial charge in [-0.15, -0.1) is 0 Å². The van der Waals surface area contributed by atoms with E-state index in [-0.39, 0.29) is 0 Å². The van der Waals surface area contributed by atoms with Crippen molar-refractivity contribution < 1.29 is 5.11 Å². The second-order valence-corrected chi connectivity index (χ2v) is 5.45. The molecule has 0 amide bonds. The van der Waals surface area contributed by atoms with Gasteiger partial charge in [0.25, 0.3) is 0 Å². The Morgan fingerprint density at radius 3 is 2.61 bits per heavy atom. The SMILES string of the molecule is OC1(C2CC2)CN(c2cnc3ccccc3n2)C1. The van der Waals surface area contributed by atoms with E-state index < -0.39 is 5.60 Å². The van der Waals surface area contributed by atoms with Crippen LogP contribution in [0.5, 0.6) is 0 Å². The molecule has 0 spiro atoms. The molecule has 0 unspecified atom stereocenters. The fourth-order valence-corrected chi connectivity index (χ4v) is 2.76. The molecule has 1 aliphatic heterocycles. The van der Waals surface area contributed by atoms with Crippen LogP contribution in [-0.2, 0) is 0 Å². The zero-order chi connectivity index (χ0) is 12.2. The maximum Gasteiger partial charge on any atom is 0.148 e. The van der Waals surface area contributed by atoms with Crippen LogP contribution in [0.1, 0.15) is 12.8 Å². The average molecular weight is 241 g/mol. The largest absolute Gasteiger partial charge is 0.386 e. The minimum atomic E-state index is -0.465. The van der Waals surface area contributed by atoms with Crippen molar-refractivity contribution in [1.82, 2.24) is 9.97 Å². The van der Waals surface area contributed by atoms with Crippen molar-refractivity contribution in [1.29, 1.82) is 0 Å². The highest BCUT2D eigenvalue weighted by molar-refractivity contribution is 5.75. The molecule has 1 aliphatic carbocycles. The van der Waals surface area contributed by atoms with E-state index in [4.69, 9.17) is 0 Å². The minimum Gasteiger partial charge on any atom is -0.386 e. The Hall–Kier alpha value is -1.68. The first-order chi connectivity index (χ1) is 8.74. The first-order valence-electron chi connectivity index (χ1n) is 6.44. The summed E-state index contributed by atoms with van der Waals surface area (Å²) >= 11 is 0. The molecule has 1 saturated carbocycles. The number of fused-ring (bicyclic) bond motifs is 1. The Bertz CT molecular complexity index is 603. The highest BCUT2D eigenvalue weighted by atomic mass is 16.3. The number of aliphatic hydroxyl groups is 1. The molecule has 4 nitrogen and oxygen atoms in total. The van der Waals surface area contributed by atoms with E-state index in [1.807, 2.05) is 24.3 Å². The van der Waals surface area contributed by atoms with Crippen molar-refractivity contribution in [2.45, 2.75) is 18.4 Å². The van der Waals surface area contributed by atoms with Gasteiger partial charge in [0.2, 0.25) is 0 Å². The lowest BCUT2D eigenvalue weighted by atomic mass is 9.89. The Balaban J connectivity index is 1.60. The van der Waals surface area contributed by atoms with Gasteiger partial charge in [-0.1, -0.05) is 12.1 Å². The molecule has 18 heavy (non-hydrogen) atoms. The van der Waals surface area contributed by atoms with Crippen LogP contribution >= 0.6 is 0 Å². The maximum atomic E-state index is 10.3. The molecule has 2 fully saturated rings. The summed E-state index contributed by atoms with van der Waals surface area (Å²) in [6.07, 6.45) is 4.15. The molecule has 0 atom stereocenters. The van der Waals surface area contributed by atoms with E-state index in [0.717, 1.165) is 16.9 Å². The number of aromatic nitrogens is 2. The molecular formula is C14H15N3O. The molecule has 92 valence electrons.